The number of benzene rings is 3. The third kappa shape index (κ3) is 2.62. The molecule has 2 heterocycles. The van der Waals surface area contributed by atoms with Crippen LogP contribution in [0.25, 0.3) is 39.0 Å². The van der Waals surface area contributed by atoms with E-state index in [1.807, 2.05) is 54.6 Å². The molecule has 27 heavy (non-hydrogen) atoms. The Kier molecular flexibility index (Phi) is 3.61. The maximum atomic E-state index is 5.26. The predicted octanol–water partition coefficient (Wildman–Crippen LogP) is 5.25. The third-order valence-corrected chi connectivity index (χ3v) is 4.76. The van der Waals surface area contributed by atoms with Crippen LogP contribution in [0.4, 0.5) is 0 Å². The van der Waals surface area contributed by atoms with Crippen molar-refractivity contribution in [1.82, 2.24) is 14.5 Å². The van der Waals surface area contributed by atoms with Crippen molar-refractivity contribution in [3.63, 3.8) is 0 Å². The quantitative estimate of drug-likeness (QED) is 0.446. The fourth-order valence-electron chi connectivity index (χ4n) is 3.38. The highest BCUT2D eigenvalue weighted by molar-refractivity contribution is 5.90. The van der Waals surface area contributed by atoms with Crippen molar-refractivity contribution in [2.45, 2.75) is 0 Å². The van der Waals surface area contributed by atoms with Crippen molar-refractivity contribution in [2.24, 2.45) is 0 Å². The summed E-state index contributed by atoms with van der Waals surface area (Å²) in [5, 5.41) is 2.21. The zero-order valence-corrected chi connectivity index (χ0v) is 14.8. The predicted molar refractivity (Wildman–Crippen MR) is 108 cm³/mol. The Hall–Kier alpha value is -3.66. The second-order valence-corrected chi connectivity index (χ2v) is 6.36. The molecule has 0 aliphatic rings. The van der Waals surface area contributed by atoms with Gasteiger partial charge in [0.25, 0.3) is 0 Å². The molecule has 0 saturated carbocycles. The number of hydrogen-bond donors (Lipinski definition) is 0. The zero-order valence-electron chi connectivity index (χ0n) is 14.8. The smallest absolute Gasteiger partial charge is 0.162 e. The van der Waals surface area contributed by atoms with Gasteiger partial charge in [-0.2, -0.15) is 0 Å². The van der Waals surface area contributed by atoms with Crippen LogP contribution in [0.3, 0.4) is 0 Å². The van der Waals surface area contributed by atoms with Crippen LogP contribution >= 0.6 is 0 Å². The zero-order chi connectivity index (χ0) is 18.2. The van der Waals surface area contributed by atoms with Gasteiger partial charge < -0.3 is 9.30 Å². The summed E-state index contributed by atoms with van der Waals surface area (Å²) in [5.41, 5.74) is 3.01. The molecule has 0 aliphatic carbocycles. The van der Waals surface area contributed by atoms with Gasteiger partial charge in [-0.15, -0.1) is 0 Å². The lowest BCUT2D eigenvalue weighted by Gasteiger charge is -2.11. The molecular weight excluding hydrogens is 334 g/mol. The lowest BCUT2D eigenvalue weighted by atomic mass is 10.1. The van der Waals surface area contributed by atoms with E-state index in [0.29, 0.717) is 5.82 Å². The molecule has 0 unspecified atom stereocenters. The van der Waals surface area contributed by atoms with Gasteiger partial charge in [0, 0.05) is 17.1 Å². The average Bonchev–Trinajstić information content (AvgIpc) is 3.17. The largest absolute Gasteiger partial charge is 0.497 e. The highest BCUT2D eigenvalue weighted by Crippen LogP contribution is 2.28. The van der Waals surface area contributed by atoms with E-state index in [0.717, 1.165) is 33.6 Å². The first kappa shape index (κ1) is 15.6. The molecule has 0 fully saturated rings. The molecule has 4 nitrogen and oxygen atoms in total. The van der Waals surface area contributed by atoms with E-state index in [-0.39, 0.29) is 0 Å². The molecule has 3 aromatic carbocycles. The molecule has 0 N–H and O–H groups in total. The van der Waals surface area contributed by atoms with Crippen molar-refractivity contribution in [3.8, 4) is 23.0 Å². The van der Waals surface area contributed by atoms with Gasteiger partial charge in [0.2, 0.25) is 0 Å². The first-order valence-electron chi connectivity index (χ1n) is 8.81. The van der Waals surface area contributed by atoms with E-state index in [2.05, 4.69) is 35.0 Å². The fraction of sp³-hybridized carbons (Fsp3) is 0.0435. The topological polar surface area (TPSA) is 39.9 Å². The number of nitrogens with zero attached hydrogens (tertiary/aromatic N) is 3. The molecule has 4 heteroatoms. The fourth-order valence-corrected chi connectivity index (χ4v) is 3.38. The normalized spacial score (nSPS) is 11.1. The number of para-hydroxylation sites is 2. The Balaban J connectivity index is 1.78. The summed E-state index contributed by atoms with van der Waals surface area (Å²) in [6, 6.07) is 26.4. The number of methoxy groups -OCH3 is 1. The van der Waals surface area contributed by atoms with Gasteiger partial charge in [-0.25, -0.2) is 9.97 Å². The van der Waals surface area contributed by atoms with E-state index in [1.165, 1.54) is 5.39 Å². The summed E-state index contributed by atoms with van der Waals surface area (Å²) in [7, 11) is 1.66. The van der Waals surface area contributed by atoms with Crippen LogP contribution in [0.5, 0.6) is 5.75 Å². The molecule has 0 amide bonds. The second-order valence-electron chi connectivity index (χ2n) is 6.36. The molecule has 0 saturated heterocycles. The lowest BCUT2D eigenvalue weighted by Crippen LogP contribution is -2.01. The second kappa shape index (κ2) is 6.25. The summed E-state index contributed by atoms with van der Waals surface area (Å²) < 4.78 is 7.39. The summed E-state index contributed by atoms with van der Waals surface area (Å²) >= 11 is 0. The first-order valence-corrected chi connectivity index (χ1v) is 8.81. The van der Waals surface area contributed by atoms with E-state index in [1.54, 1.807) is 7.11 Å². The minimum absolute atomic E-state index is 0.698. The van der Waals surface area contributed by atoms with Gasteiger partial charge in [-0.05, 0) is 53.9 Å². The Morgan fingerprint density at radius 1 is 0.778 bits per heavy atom. The highest BCUT2D eigenvalue weighted by atomic mass is 16.5. The van der Waals surface area contributed by atoms with Gasteiger partial charge in [0.15, 0.2) is 5.82 Å². The van der Waals surface area contributed by atoms with Crippen molar-refractivity contribution < 1.29 is 4.74 Å². The van der Waals surface area contributed by atoms with Crippen molar-refractivity contribution in [2.75, 3.05) is 7.11 Å². The minimum atomic E-state index is 0.698. The van der Waals surface area contributed by atoms with Crippen molar-refractivity contribution >= 4 is 21.8 Å². The Morgan fingerprint density at radius 3 is 2.41 bits per heavy atom. The van der Waals surface area contributed by atoms with Gasteiger partial charge in [-0.3, -0.25) is 0 Å². The number of rotatable bonds is 3. The summed E-state index contributed by atoms with van der Waals surface area (Å²) in [4.78, 5) is 9.72. The van der Waals surface area contributed by atoms with Crippen LogP contribution in [-0.4, -0.2) is 21.6 Å². The molecular formula is C23H17N3O. The third-order valence-electron chi connectivity index (χ3n) is 4.76. The molecule has 130 valence electrons. The van der Waals surface area contributed by atoms with Gasteiger partial charge >= 0.3 is 0 Å². The average molecular weight is 351 g/mol. The van der Waals surface area contributed by atoms with E-state index in [9.17, 15) is 0 Å². The van der Waals surface area contributed by atoms with Crippen LogP contribution in [0, 0.1) is 0 Å². The summed E-state index contributed by atoms with van der Waals surface area (Å²) in [5.74, 6) is 2.40. The standard InChI is InChI=1S/C23H17N3O/c1-27-18-12-10-17(11-13-18)22-24-20-8-4-3-7-19(20)23(25-22)26-15-14-16-6-2-5-9-21(16)26/h2-15H,1H3. The van der Waals surface area contributed by atoms with Crippen LogP contribution in [0.15, 0.2) is 85.1 Å². The van der Waals surface area contributed by atoms with Crippen molar-refractivity contribution in [1.29, 1.82) is 0 Å². The summed E-state index contributed by atoms with van der Waals surface area (Å²) in [6.45, 7) is 0. The van der Waals surface area contributed by atoms with Gasteiger partial charge in [0.1, 0.15) is 11.6 Å². The molecule has 5 aromatic rings. The van der Waals surface area contributed by atoms with E-state index < -0.39 is 0 Å². The number of aromatic nitrogens is 3. The van der Waals surface area contributed by atoms with Crippen LogP contribution < -0.4 is 4.74 Å². The van der Waals surface area contributed by atoms with Crippen LogP contribution in [0.2, 0.25) is 0 Å². The van der Waals surface area contributed by atoms with Crippen molar-refractivity contribution in [3.05, 3.63) is 85.1 Å². The molecule has 0 aliphatic heterocycles. The molecule has 0 spiro atoms. The van der Waals surface area contributed by atoms with Crippen LogP contribution in [0.1, 0.15) is 0 Å². The molecule has 0 atom stereocenters. The van der Waals surface area contributed by atoms with Gasteiger partial charge in [-0.1, -0.05) is 30.3 Å². The first-order chi connectivity index (χ1) is 13.3. The summed E-state index contributed by atoms with van der Waals surface area (Å²) in [6.07, 6.45) is 2.07. The molecule has 0 radical (unpaired) electrons. The minimum Gasteiger partial charge on any atom is -0.497 e. The number of fused-ring (bicyclic) bond motifs is 2. The Morgan fingerprint density at radius 2 is 1.56 bits per heavy atom. The molecule has 5 rings (SSSR count). The molecule has 0 bridgehead atoms. The van der Waals surface area contributed by atoms with E-state index >= 15 is 0 Å². The Bertz CT molecular complexity index is 1260. The maximum absolute atomic E-state index is 5.26. The number of hydrogen-bond acceptors (Lipinski definition) is 3. The van der Waals surface area contributed by atoms with Gasteiger partial charge in [0.05, 0.1) is 18.1 Å². The lowest BCUT2D eigenvalue weighted by molar-refractivity contribution is 0.415. The van der Waals surface area contributed by atoms with E-state index in [4.69, 9.17) is 14.7 Å². The number of ether oxygens (including phenoxy) is 1. The Labute approximate surface area is 156 Å². The van der Waals surface area contributed by atoms with Crippen LogP contribution in [-0.2, 0) is 0 Å². The SMILES string of the molecule is COc1ccc(-c2nc(-n3ccc4ccccc43)c3ccccc3n2)cc1. The maximum Gasteiger partial charge on any atom is 0.162 e. The highest BCUT2D eigenvalue weighted by Gasteiger charge is 2.12. The molecule has 2 aromatic heterocycles. The monoisotopic (exact) mass is 351 g/mol.